The predicted molar refractivity (Wildman–Crippen MR) is 63.0 cm³/mol. The van der Waals surface area contributed by atoms with E-state index in [0.717, 1.165) is 0 Å². The van der Waals surface area contributed by atoms with Gasteiger partial charge in [0, 0.05) is 4.88 Å². The first-order chi connectivity index (χ1) is 7.62. The van der Waals surface area contributed by atoms with Crippen molar-refractivity contribution in [3.8, 4) is 0 Å². The van der Waals surface area contributed by atoms with Gasteiger partial charge < -0.3 is 9.84 Å². The summed E-state index contributed by atoms with van der Waals surface area (Å²) in [6, 6.07) is 2.05. The van der Waals surface area contributed by atoms with Gasteiger partial charge in [0.2, 0.25) is 0 Å². The second-order valence-corrected chi connectivity index (χ2v) is 5.30. The molecule has 0 saturated carbocycles. The number of carboxylic acid groups (broad SMARTS) is 1. The molecular weight excluding hydrogens is 224 g/mol. The molecule has 0 spiro atoms. The van der Waals surface area contributed by atoms with Crippen molar-refractivity contribution in [1.82, 2.24) is 0 Å². The monoisotopic (exact) mass is 240 g/mol. The number of rotatable bonds is 4. The van der Waals surface area contributed by atoms with Crippen LogP contribution < -0.4 is 0 Å². The molecule has 1 N–H and O–H groups in total. The molecule has 88 valence electrons. The highest BCUT2D eigenvalue weighted by Gasteiger charge is 2.51. The molecule has 0 amide bonds. The summed E-state index contributed by atoms with van der Waals surface area (Å²) < 4.78 is 5.29. The molecule has 1 aliphatic heterocycles. The van der Waals surface area contributed by atoms with E-state index in [9.17, 15) is 9.90 Å². The summed E-state index contributed by atoms with van der Waals surface area (Å²) in [5.74, 6) is -1.04. The number of hydrogen-bond donors (Lipinski definition) is 1. The molecule has 1 aromatic heterocycles. The van der Waals surface area contributed by atoms with Crippen molar-refractivity contribution >= 4 is 17.3 Å². The Labute approximate surface area is 99.1 Å². The molecule has 1 aliphatic rings. The minimum Gasteiger partial charge on any atom is -0.481 e. The van der Waals surface area contributed by atoms with Crippen LogP contribution in [0.3, 0.4) is 0 Å². The van der Waals surface area contributed by atoms with Gasteiger partial charge in [-0.25, -0.2) is 0 Å². The Morgan fingerprint density at radius 3 is 2.69 bits per heavy atom. The first-order valence-electron chi connectivity index (χ1n) is 5.47. The van der Waals surface area contributed by atoms with Crippen LogP contribution >= 0.6 is 11.3 Å². The van der Waals surface area contributed by atoms with Crippen LogP contribution in [0.1, 0.15) is 23.8 Å². The number of ether oxygens (including phenoxy) is 1. The minimum atomic E-state index is -0.710. The Hall–Kier alpha value is -0.870. The second kappa shape index (κ2) is 4.18. The number of aliphatic carboxylic acids is 1. The van der Waals surface area contributed by atoms with Gasteiger partial charge in [-0.3, -0.25) is 4.79 Å². The predicted octanol–water partition coefficient (Wildman–Crippen LogP) is 2.44. The third-order valence-corrected chi connectivity index (χ3v) is 4.64. The Morgan fingerprint density at radius 1 is 1.69 bits per heavy atom. The topological polar surface area (TPSA) is 46.5 Å². The van der Waals surface area contributed by atoms with Crippen molar-refractivity contribution in [2.24, 2.45) is 5.92 Å². The first-order valence-corrected chi connectivity index (χ1v) is 6.35. The van der Waals surface area contributed by atoms with Gasteiger partial charge in [0.15, 0.2) is 0 Å². The summed E-state index contributed by atoms with van der Waals surface area (Å²) in [5.41, 5.74) is 0.909. The van der Waals surface area contributed by atoms with E-state index < -0.39 is 5.97 Å². The average Bonchev–Trinajstić information content (AvgIpc) is 2.57. The highest BCUT2D eigenvalue weighted by atomic mass is 32.1. The molecule has 1 saturated heterocycles. The SMILES string of the molecule is CCC(C(=O)O)C1(c2sccc2C)COC1. The molecule has 2 heterocycles. The summed E-state index contributed by atoms with van der Waals surface area (Å²) in [6.07, 6.45) is 0.649. The van der Waals surface area contributed by atoms with Crippen molar-refractivity contribution < 1.29 is 14.6 Å². The number of aryl methyl sites for hydroxylation is 1. The van der Waals surface area contributed by atoms with E-state index in [-0.39, 0.29) is 11.3 Å². The molecule has 1 unspecified atom stereocenters. The fourth-order valence-electron chi connectivity index (χ4n) is 2.50. The number of carboxylic acids is 1. The molecule has 0 bridgehead atoms. The zero-order valence-electron chi connectivity index (χ0n) is 9.53. The maximum atomic E-state index is 11.3. The summed E-state index contributed by atoms with van der Waals surface area (Å²) in [4.78, 5) is 12.5. The Morgan fingerprint density at radius 2 is 2.38 bits per heavy atom. The van der Waals surface area contributed by atoms with Crippen LogP contribution in [0.15, 0.2) is 11.4 Å². The Balaban J connectivity index is 2.39. The Bertz CT molecular complexity index is 393. The number of carbonyl (C=O) groups is 1. The normalized spacial score (nSPS) is 20.1. The lowest BCUT2D eigenvalue weighted by Gasteiger charge is -2.45. The standard InChI is InChI=1S/C12H16O3S/c1-3-9(11(13)14)12(6-15-7-12)10-8(2)4-5-16-10/h4-5,9H,3,6-7H2,1-2H3,(H,13,14). The fraction of sp³-hybridized carbons (Fsp3) is 0.583. The zero-order chi connectivity index (χ0) is 11.8. The van der Waals surface area contributed by atoms with E-state index in [0.29, 0.717) is 19.6 Å². The lowest BCUT2D eigenvalue weighted by molar-refractivity contribution is -0.157. The van der Waals surface area contributed by atoms with Crippen molar-refractivity contribution in [2.45, 2.75) is 25.7 Å². The Kier molecular flexibility index (Phi) is 3.04. The van der Waals surface area contributed by atoms with Gasteiger partial charge in [-0.2, -0.15) is 0 Å². The highest BCUT2D eigenvalue weighted by molar-refractivity contribution is 7.10. The third-order valence-electron chi connectivity index (χ3n) is 3.41. The number of thiophene rings is 1. The van der Waals surface area contributed by atoms with Crippen molar-refractivity contribution in [1.29, 1.82) is 0 Å². The fourth-order valence-corrected chi connectivity index (χ4v) is 3.65. The molecule has 3 nitrogen and oxygen atoms in total. The van der Waals surface area contributed by atoms with Crippen LogP contribution in [0.4, 0.5) is 0 Å². The quantitative estimate of drug-likeness (QED) is 0.879. The van der Waals surface area contributed by atoms with E-state index in [1.807, 2.05) is 19.2 Å². The summed E-state index contributed by atoms with van der Waals surface area (Å²) in [7, 11) is 0. The third kappa shape index (κ3) is 1.57. The molecule has 1 aromatic rings. The summed E-state index contributed by atoms with van der Waals surface area (Å²) in [5, 5.41) is 11.3. The molecule has 1 fully saturated rings. The first kappa shape index (κ1) is 11.6. The lowest BCUT2D eigenvalue weighted by atomic mass is 9.70. The van der Waals surface area contributed by atoms with E-state index in [1.54, 1.807) is 11.3 Å². The van der Waals surface area contributed by atoms with Crippen molar-refractivity contribution in [2.75, 3.05) is 13.2 Å². The van der Waals surface area contributed by atoms with E-state index in [4.69, 9.17) is 4.74 Å². The van der Waals surface area contributed by atoms with Gasteiger partial charge in [-0.15, -0.1) is 11.3 Å². The molecule has 1 atom stereocenters. The second-order valence-electron chi connectivity index (χ2n) is 4.38. The van der Waals surface area contributed by atoms with Crippen LogP contribution in [0.2, 0.25) is 0 Å². The van der Waals surface area contributed by atoms with Crippen LogP contribution in [0.5, 0.6) is 0 Å². The highest BCUT2D eigenvalue weighted by Crippen LogP contribution is 2.44. The van der Waals surface area contributed by atoms with Crippen LogP contribution in [-0.2, 0) is 14.9 Å². The minimum absolute atomic E-state index is 0.279. The lowest BCUT2D eigenvalue weighted by Crippen LogP contribution is -2.54. The molecule has 4 heteroatoms. The molecule has 16 heavy (non-hydrogen) atoms. The number of hydrogen-bond acceptors (Lipinski definition) is 3. The van der Waals surface area contributed by atoms with Gasteiger partial charge in [0.05, 0.1) is 24.5 Å². The van der Waals surface area contributed by atoms with Gasteiger partial charge in [0.1, 0.15) is 0 Å². The van der Waals surface area contributed by atoms with Crippen LogP contribution in [0.25, 0.3) is 0 Å². The van der Waals surface area contributed by atoms with E-state index in [2.05, 4.69) is 6.07 Å². The van der Waals surface area contributed by atoms with Gasteiger partial charge in [-0.1, -0.05) is 6.92 Å². The van der Waals surface area contributed by atoms with Crippen molar-refractivity contribution in [3.63, 3.8) is 0 Å². The van der Waals surface area contributed by atoms with Gasteiger partial charge >= 0.3 is 5.97 Å². The maximum absolute atomic E-state index is 11.3. The molecule has 0 aliphatic carbocycles. The van der Waals surface area contributed by atoms with Gasteiger partial charge in [-0.05, 0) is 30.4 Å². The van der Waals surface area contributed by atoms with Crippen molar-refractivity contribution in [3.05, 3.63) is 21.9 Å². The van der Waals surface area contributed by atoms with E-state index >= 15 is 0 Å². The zero-order valence-corrected chi connectivity index (χ0v) is 10.3. The maximum Gasteiger partial charge on any atom is 0.307 e. The van der Waals surface area contributed by atoms with E-state index in [1.165, 1.54) is 10.4 Å². The average molecular weight is 240 g/mol. The molecule has 0 radical (unpaired) electrons. The summed E-state index contributed by atoms with van der Waals surface area (Å²) in [6.45, 7) is 5.06. The molecular formula is C12H16O3S. The van der Waals surface area contributed by atoms with Crippen LogP contribution in [-0.4, -0.2) is 24.3 Å². The largest absolute Gasteiger partial charge is 0.481 e. The molecule has 0 aromatic carbocycles. The summed E-state index contributed by atoms with van der Waals surface area (Å²) >= 11 is 1.65. The molecule has 2 rings (SSSR count). The smallest absolute Gasteiger partial charge is 0.307 e. The van der Waals surface area contributed by atoms with Crippen LogP contribution in [0, 0.1) is 12.8 Å². The van der Waals surface area contributed by atoms with Gasteiger partial charge in [0.25, 0.3) is 0 Å².